The van der Waals surface area contributed by atoms with Gasteiger partial charge in [-0.25, -0.2) is 4.39 Å². The van der Waals surface area contributed by atoms with Crippen molar-refractivity contribution in [3.8, 4) is 11.5 Å². The summed E-state index contributed by atoms with van der Waals surface area (Å²) in [5.74, 6) is 2.02. The maximum Gasteiger partial charge on any atom is 0.231 e. The van der Waals surface area contributed by atoms with E-state index in [2.05, 4.69) is 15.6 Å². The number of ether oxygens (including phenoxy) is 2. The molecule has 5 nitrogen and oxygen atoms in total. The molecule has 0 aliphatic carbocycles. The number of rotatable bonds is 4. The van der Waals surface area contributed by atoms with Crippen molar-refractivity contribution in [2.75, 3.05) is 13.8 Å². The van der Waals surface area contributed by atoms with Crippen LogP contribution in [0.1, 0.15) is 16.7 Å². The summed E-state index contributed by atoms with van der Waals surface area (Å²) < 4.78 is 24.0. The molecule has 2 aromatic carbocycles. The average molecular weight is 329 g/mol. The number of guanidine groups is 1. The Labute approximate surface area is 140 Å². The molecule has 1 aliphatic rings. The van der Waals surface area contributed by atoms with Gasteiger partial charge in [0.05, 0.1) is 0 Å². The van der Waals surface area contributed by atoms with Crippen LogP contribution in [-0.4, -0.2) is 19.8 Å². The van der Waals surface area contributed by atoms with Crippen LogP contribution in [0.4, 0.5) is 4.39 Å². The van der Waals surface area contributed by atoms with Gasteiger partial charge in [-0.05, 0) is 41.8 Å². The van der Waals surface area contributed by atoms with E-state index in [0.717, 1.165) is 22.6 Å². The van der Waals surface area contributed by atoms with Gasteiger partial charge in [-0.1, -0.05) is 18.2 Å². The van der Waals surface area contributed by atoms with E-state index < -0.39 is 0 Å². The van der Waals surface area contributed by atoms with Crippen molar-refractivity contribution >= 4 is 5.96 Å². The van der Waals surface area contributed by atoms with E-state index in [-0.39, 0.29) is 12.6 Å². The van der Waals surface area contributed by atoms with Gasteiger partial charge in [0.2, 0.25) is 6.79 Å². The summed E-state index contributed by atoms with van der Waals surface area (Å²) in [5.41, 5.74) is 2.71. The van der Waals surface area contributed by atoms with Crippen molar-refractivity contribution < 1.29 is 13.9 Å². The van der Waals surface area contributed by atoms with Crippen molar-refractivity contribution in [3.05, 3.63) is 58.9 Å². The molecule has 0 fully saturated rings. The highest BCUT2D eigenvalue weighted by atomic mass is 19.1. The van der Waals surface area contributed by atoms with Crippen molar-refractivity contribution in [1.29, 1.82) is 0 Å². The SMILES string of the molecule is CN=C(NCc1ccc(F)c(C)c1)NCc1ccc2c(c1)OCO2. The van der Waals surface area contributed by atoms with Crippen molar-refractivity contribution in [2.45, 2.75) is 20.0 Å². The lowest BCUT2D eigenvalue weighted by Gasteiger charge is -2.12. The Balaban J connectivity index is 1.54. The van der Waals surface area contributed by atoms with Gasteiger partial charge in [0.15, 0.2) is 17.5 Å². The van der Waals surface area contributed by atoms with E-state index in [0.29, 0.717) is 24.6 Å². The van der Waals surface area contributed by atoms with Crippen LogP contribution in [0.15, 0.2) is 41.4 Å². The molecule has 0 bridgehead atoms. The molecule has 1 aliphatic heterocycles. The maximum atomic E-state index is 13.3. The number of hydrogen-bond donors (Lipinski definition) is 2. The molecule has 0 aromatic heterocycles. The second-order valence-corrected chi connectivity index (χ2v) is 5.55. The second-order valence-electron chi connectivity index (χ2n) is 5.55. The van der Waals surface area contributed by atoms with Crippen LogP contribution in [-0.2, 0) is 13.1 Å². The standard InChI is InChI=1S/C18H20FN3O2/c1-12-7-13(3-5-15(12)19)9-21-18(20-2)22-10-14-4-6-16-17(8-14)24-11-23-16/h3-8H,9-11H2,1-2H3,(H2,20,21,22). The summed E-state index contributed by atoms with van der Waals surface area (Å²) in [6, 6.07) is 10.9. The fourth-order valence-electron chi connectivity index (χ4n) is 2.46. The lowest BCUT2D eigenvalue weighted by Crippen LogP contribution is -2.36. The fourth-order valence-corrected chi connectivity index (χ4v) is 2.46. The molecule has 1 heterocycles. The third-order valence-electron chi connectivity index (χ3n) is 3.80. The van der Waals surface area contributed by atoms with Crippen LogP contribution in [0.3, 0.4) is 0 Å². The molecule has 0 unspecified atom stereocenters. The molecule has 0 saturated carbocycles. The topological polar surface area (TPSA) is 54.9 Å². The largest absolute Gasteiger partial charge is 0.454 e. The highest BCUT2D eigenvalue weighted by Crippen LogP contribution is 2.32. The molecule has 0 saturated heterocycles. The number of halogens is 1. The van der Waals surface area contributed by atoms with E-state index in [1.54, 1.807) is 20.0 Å². The summed E-state index contributed by atoms with van der Waals surface area (Å²) in [5, 5.41) is 6.46. The number of aliphatic imine (C=N–C) groups is 1. The zero-order chi connectivity index (χ0) is 16.9. The van der Waals surface area contributed by atoms with Gasteiger partial charge in [0, 0.05) is 20.1 Å². The molecule has 0 amide bonds. The van der Waals surface area contributed by atoms with Crippen molar-refractivity contribution in [2.24, 2.45) is 4.99 Å². The molecular weight excluding hydrogens is 309 g/mol. The number of fused-ring (bicyclic) bond motifs is 1. The number of hydrogen-bond acceptors (Lipinski definition) is 3. The Bertz CT molecular complexity index is 762. The molecule has 0 atom stereocenters. The first-order chi connectivity index (χ1) is 11.7. The van der Waals surface area contributed by atoms with Gasteiger partial charge in [-0.15, -0.1) is 0 Å². The van der Waals surface area contributed by atoms with E-state index in [4.69, 9.17) is 9.47 Å². The first kappa shape index (κ1) is 16.1. The second kappa shape index (κ2) is 7.21. The van der Waals surface area contributed by atoms with Gasteiger partial charge in [-0.3, -0.25) is 4.99 Å². The summed E-state index contributed by atoms with van der Waals surface area (Å²) in [4.78, 5) is 4.20. The van der Waals surface area contributed by atoms with Gasteiger partial charge < -0.3 is 20.1 Å². The van der Waals surface area contributed by atoms with Crippen LogP contribution in [0.2, 0.25) is 0 Å². The summed E-state index contributed by atoms with van der Waals surface area (Å²) in [6.07, 6.45) is 0. The minimum absolute atomic E-state index is 0.191. The lowest BCUT2D eigenvalue weighted by atomic mass is 10.1. The first-order valence-electron chi connectivity index (χ1n) is 7.74. The monoisotopic (exact) mass is 329 g/mol. The van der Waals surface area contributed by atoms with E-state index in [1.807, 2.05) is 24.3 Å². The number of benzene rings is 2. The van der Waals surface area contributed by atoms with Crippen molar-refractivity contribution in [1.82, 2.24) is 10.6 Å². The highest BCUT2D eigenvalue weighted by Gasteiger charge is 2.13. The Morgan fingerprint density at radius 2 is 1.71 bits per heavy atom. The first-order valence-corrected chi connectivity index (χ1v) is 7.74. The molecule has 3 rings (SSSR count). The minimum atomic E-state index is -0.191. The Kier molecular flexibility index (Phi) is 4.84. The normalized spacial score (nSPS) is 13.0. The Morgan fingerprint density at radius 3 is 2.42 bits per heavy atom. The van der Waals surface area contributed by atoms with Crippen LogP contribution in [0.25, 0.3) is 0 Å². The molecule has 24 heavy (non-hydrogen) atoms. The smallest absolute Gasteiger partial charge is 0.231 e. The molecule has 2 aromatic rings. The zero-order valence-corrected chi connectivity index (χ0v) is 13.7. The van der Waals surface area contributed by atoms with Gasteiger partial charge in [-0.2, -0.15) is 0 Å². The molecule has 126 valence electrons. The van der Waals surface area contributed by atoms with Gasteiger partial charge in [0.1, 0.15) is 5.82 Å². The van der Waals surface area contributed by atoms with Crippen molar-refractivity contribution in [3.63, 3.8) is 0 Å². The molecule has 6 heteroatoms. The Hall–Kier alpha value is -2.76. The van der Waals surface area contributed by atoms with Crippen LogP contribution < -0.4 is 20.1 Å². The summed E-state index contributed by atoms with van der Waals surface area (Å²) in [6.45, 7) is 3.21. The summed E-state index contributed by atoms with van der Waals surface area (Å²) >= 11 is 0. The quantitative estimate of drug-likeness (QED) is 0.669. The van der Waals surface area contributed by atoms with E-state index in [9.17, 15) is 4.39 Å². The fraction of sp³-hybridized carbons (Fsp3) is 0.278. The number of nitrogens with one attached hydrogen (secondary N) is 2. The predicted octanol–water partition coefficient (Wildman–Crippen LogP) is 2.73. The molecular formula is C18H20FN3O2. The minimum Gasteiger partial charge on any atom is -0.454 e. The zero-order valence-electron chi connectivity index (χ0n) is 13.7. The van der Waals surface area contributed by atoms with Crippen LogP contribution in [0, 0.1) is 12.7 Å². The van der Waals surface area contributed by atoms with Gasteiger partial charge >= 0.3 is 0 Å². The summed E-state index contributed by atoms with van der Waals surface area (Å²) in [7, 11) is 1.71. The third-order valence-corrected chi connectivity index (χ3v) is 3.80. The van der Waals surface area contributed by atoms with E-state index >= 15 is 0 Å². The van der Waals surface area contributed by atoms with Crippen LogP contribution in [0.5, 0.6) is 11.5 Å². The third kappa shape index (κ3) is 3.76. The highest BCUT2D eigenvalue weighted by molar-refractivity contribution is 5.79. The molecule has 2 N–H and O–H groups in total. The Morgan fingerprint density at radius 1 is 1.04 bits per heavy atom. The lowest BCUT2D eigenvalue weighted by molar-refractivity contribution is 0.174. The molecule has 0 radical (unpaired) electrons. The maximum absolute atomic E-state index is 13.3. The van der Waals surface area contributed by atoms with Gasteiger partial charge in [0.25, 0.3) is 0 Å². The average Bonchev–Trinajstić information content (AvgIpc) is 3.06. The molecule has 0 spiro atoms. The van der Waals surface area contributed by atoms with Crippen LogP contribution >= 0.6 is 0 Å². The van der Waals surface area contributed by atoms with E-state index in [1.165, 1.54) is 6.07 Å². The predicted molar refractivity (Wildman–Crippen MR) is 90.7 cm³/mol. The number of aryl methyl sites for hydroxylation is 1. The number of nitrogens with zero attached hydrogens (tertiary/aromatic N) is 1.